The molecule has 9 heteroatoms. The number of amides is 1. The predicted molar refractivity (Wildman–Crippen MR) is 123 cm³/mol. The van der Waals surface area contributed by atoms with Crippen LogP contribution in [0.5, 0.6) is 5.75 Å². The molecule has 4 fully saturated rings. The van der Waals surface area contributed by atoms with E-state index in [2.05, 4.69) is 20.0 Å². The van der Waals surface area contributed by atoms with Crippen molar-refractivity contribution in [2.75, 3.05) is 18.4 Å². The van der Waals surface area contributed by atoms with E-state index >= 15 is 0 Å². The normalized spacial score (nSPS) is 29.1. The summed E-state index contributed by atoms with van der Waals surface area (Å²) in [7, 11) is 0. The predicted octanol–water partition coefficient (Wildman–Crippen LogP) is 5.20. The summed E-state index contributed by atoms with van der Waals surface area (Å²) in [5.74, 6) is 2.48. The Labute approximate surface area is 202 Å². The third-order valence-electron chi connectivity index (χ3n) is 8.43. The molecule has 1 aromatic carbocycles. The maximum atomic E-state index is 13.1. The number of rotatable bonds is 5. The highest BCUT2D eigenvalue weighted by atomic mass is 19.4. The fourth-order valence-electron chi connectivity index (χ4n) is 7.49. The van der Waals surface area contributed by atoms with E-state index in [1.165, 1.54) is 68.0 Å². The molecule has 2 heterocycles. The molecule has 4 bridgehead atoms. The Morgan fingerprint density at radius 3 is 2.46 bits per heavy atom. The first-order chi connectivity index (χ1) is 16.8. The van der Waals surface area contributed by atoms with Crippen molar-refractivity contribution in [1.82, 2.24) is 14.9 Å². The molecule has 7 rings (SSSR count). The van der Waals surface area contributed by atoms with E-state index in [1.54, 1.807) is 0 Å². The number of aromatic nitrogens is 2. The van der Waals surface area contributed by atoms with Crippen molar-refractivity contribution in [2.24, 2.45) is 23.2 Å². The lowest BCUT2D eigenvalue weighted by atomic mass is 9.49. The van der Waals surface area contributed by atoms with Gasteiger partial charge in [0.1, 0.15) is 17.9 Å². The number of nitrogens with one attached hydrogen (secondary N) is 1. The van der Waals surface area contributed by atoms with E-state index in [-0.39, 0.29) is 12.1 Å². The highest BCUT2D eigenvalue weighted by molar-refractivity contribution is 5.97. The first kappa shape index (κ1) is 22.6. The Balaban J connectivity index is 1.16. The van der Waals surface area contributed by atoms with Crippen LogP contribution in [0.15, 0.2) is 30.6 Å². The Morgan fingerprint density at radius 1 is 1.09 bits per heavy atom. The van der Waals surface area contributed by atoms with Crippen LogP contribution in [-0.4, -0.2) is 40.2 Å². The van der Waals surface area contributed by atoms with Crippen LogP contribution in [-0.2, 0) is 13.0 Å². The third-order valence-corrected chi connectivity index (χ3v) is 8.43. The quantitative estimate of drug-likeness (QED) is 0.629. The van der Waals surface area contributed by atoms with Gasteiger partial charge < -0.3 is 15.0 Å². The average molecular weight is 487 g/mol. The van der Waals surface area contributed by atoms with E-state index in [0.29, 0.717) is 18.4 Å². The summed E-state index contributed by atoms with van der Waals surface area (Å²) in [6.07, 6.45) is 5.33. The number of ether oxygens (including phenoxy) is 1. The lowest BCUT2D eigenvalue weighted by Crippen LogP contribution is -2.49. The number of carbonyl (C=O) groups is 1. The van der Waals surface area contributed by atoms with E-state index in [0.717, 1.165) is 47.4 Å². The fraction of sp³-hybridized carbons (Fsp3) is 0.577. The number of nitrogens with zero attached hydrogens (tertiary/aromatic N) is 3. The maximum Gasteiger partial charge on any atom is 0.573 e. The smallest absolute Gasteiger partial charge is 0.405 e. The van der Waals surface area contributed by atoms with Crippen molar-refractivity contribution >= 4 is 11.7 Å². The average Bonchev–Trinajstić information content (AvgIpc) is 2.80. The summed E-state index contributed by atoms with van der Waals surface area (Å²) in [5, 5.41) is 3.64. The van der Waals surface area contributed by atoms with Gasteiger partial charge in [-0.15, -0.1) is 13.2 Å². The van der Waals surface area contributed by atoms with Crippen molar-refractivity contribution < 1.29 is 22.7 Å². The van der Waals surface area contributed by atoms with Gasteiger partial charge in [-0.05, 0) is 80.2 Å². The molecule has 4 saturated carbocycles. The van der Waals surface area contributed by atoms with Gasteiger partial charge in [-0.3, -0.25) is 4.79 Å². The lowest BCUT2D eigenvalue weighted by molar-refractivity contribution is -0.274. The van der Waals surface area contributed by atoms with Crippen LogP contribution in [0, 0.1) is 23.2 Å². The molecule has 35 heavy (non-hydrogen) atoms. The molecule has 1 N–H and O–H groups in total. The Kier molecular flexibility index (Phi) is 5.41. The largest absolute Gasteiger partial charge is 0.573 e. The van der Waals surface area contributed by atoms with Gasteiger partial charge in [-0.1, -0.05) is 12.1 Å². The maximum absolute atomic E-state index is 13.1. The van der Waals surface area contributed by atoms with Gasteiger partial charge in [-0.25, -0.2) is 9.97 Å². The van der Waals surface area contributed by atoms with Crippen molar-refractivity contribution in [3.8, 4) is 5.75 Å². The van der Waals surface area contributed by atoms with Crippen LogP contribution in [0.1, 0.15) is 60.1 Å². The number of anilines is 1. The van der Waals surface area contributed by atoms with Gasteiger partial charge in [0.2, 0.25) is 0 Å². The third kappa shape index (κ3) is 4.45. The number of hydrogen-bond donors (Lipinski definition) is 1. The highest BCUT2D eigenvalue weighted by Crippen LogP contribution is 2.60. The number of halogens is 3. The number of benzene rings is 1. The van der Waals surface area contributed by atoms with Crippen LogP contribution < -0.4 is 10.1 Å². The summed E-state index contributed by atoms with van der Waals surface area (Å²) in [4.78, 5) is 23.6. The van der Waals surface area contributed by atoms with Crippen LogP contribution in [0.3, 0.4) is 0 Å². The summed E-state index contributed by atoms with van der Waals surface area (Å²) in [6, 6.07) is 5.46. The van der Waals surface area contributed by atoms with Gasteiger partial charge >= 0.3 is 6.36 Å². The molecule has 1 amide bonds. The summed E-state index contributed by atoms with van der Waals surface area (Å²) < 4.78 is 42.5. The molecular weight excluding hydrogens is 457 g/mol. The minimum atomic E-state index is -4.87. The second-order valence-corrected chi connectivity index (χ2v) is 10.9. The minimum Gasteiger partial charge on any atom is -0.405 e. The highest BCUT2D eigenvalue weighted by Gasteiger charge is 2.50. The Morgan fingerprint density at radius 2 is 1.77 bits per heavy atom. The molecule has 1 aromatic heterocycles. The molecule has 0 radical (unpaired) electrons. The Hall–Kier alpha value is -2.84. The molecule has 0 saturated heterocycles. The number of para-hydroxylation sites is 1. The summed E-state index contributed by atoms with van der Waals surface area (Å²) >= 11 is 0. The molecule has 0 spiro atoms. The molecule has 186 valence electrons. The molecule has 6 nitrogen and oxygen atoms in total. The van der Waals surface area contributed by atoms with Gasteiger partial charge in [0.25, 0.3) is 5.91 Å². The number of fused-ring (bicyclic) bond motifs is 1. The van der Waals surface area contributed by atoms with Crippen LogP contribution in [0.2, 0.25) is 0 Å². The first-order valence-corrected chi connectivity index (χ1v) is 12.5. The summed E-state index contributed by atoms with van der Waals surface area (Å²) in [6.45, 7) is 1.53. The lowest BCUT2D eigenvalue weighted by Gasteiger charge is -2.57. The number of hydrogen-bond acceptors (Lipinski definition) is 5. The minimum absolute atomic E-state index is 0.109. The molecular formula is C26H29F3N4O2. The molecule has 4 aliphatic carbocycles. The topological polar surface area (TPSA) is 67.3 Å². The van der Waals surface area contributed by atoms with Crippen molar-refractivity contribution in [1.29, 1.82) is 0 Å². The van der Waals surface area contributed by atoms with Crippen molar-refractivity contribution in [3.63, 3.8) is 0 Å². The number of carbonyl (C=O) groups excluding carboxylic acids is 1. The first-order valence-electron chi connectivity index (χ1n) is 12.5. The zero-order chi connectivity index (χ0) is 24.2. The van der Waals surface area contributed by atoms with Crippen molar-refractivity contribution in [2.45, 2.75) is 57.9 Å². The molecule has 2 aromatic rings. The summed E-state index contributed by atoms with van der Waals surface area (Å²) in [5.41, 5.74) is 2.00. The Bertz CT molecular complexity index is 1100. The van der Waals surface area contributed by atoms with Gasteiger partial charge in [0.05, 0.1) is 17.8 Å². The van der Waals surface area contributed by atoms with Crippen LogP contribution in [0.4, 0.5) is 19.0 Å². The van der Waals surface area contributed by atoms with Crippen LogP contribution in [0.25, 0.3) is 0 Å². The zero-order valence-electron chi connectivity index (χ0n) is 19.5. The standard InChI is InChI=1S/C26H29F3N4O2/c27-26(28,29)35-22-4-2-1-3-20(22)24(34)33-6-5-19-21(13-33)31-15-32-23(19)30-14-25-10-16-7-17(11-25)9-18(8-16)12-25/h1-4,15-18H,5-14H2,(H,30,31,32). The molecule has 0 atom stereocenters. The second-order valence-electron chi connectivity index (χ2n) is 10.9. The fourth-order valence-corrected chi connectivity index (χ4v) is 7.49. The van der Waals surface area contributed by atoms with E-state index < -0.39 is 18.0 Å². The SMILES string of the molecule is O=C(c1ccccc1OC(F)(F)F)N1CCc2c(ncnc2NCC23CC4CC(CC(C4)C2)C3)C1. The van der Waals surface area contributed by atoms with E-state index in [4.69, 9.17) is 0 Å². The number of alkyl halides is 3. The van der Waals surface area contributed by atoms with Gasteiger partial charge in [0.15, 0.2) is 0 Å². The van der Waals surface area contributed by atoms with Gasteiger partial charge in [-0.2, -0.15) is 0 Å². The van der Waals surface area contributed by atoms with Crippen LogP contribution >= 0.6 is 0 Å². The molecule has 0 unspecified atom stereocenters. The zero-order valence-corrected chi connectivity index (χ0v) is 19.5. The monoisotopic (exact) mass is 486 g/mol. The van der Waals surface area contributed by atoms with E-state index in [9.17, 15) is 18.0 Å². The van der Waals surface area contributed by atoms with E-state index in [1.807, 2.05) is 0 Å². The molecule has 1 aliphatic heterocycles. The molecule has 5 aliphatic rings. The van der Waals surface area contributed by atoms with Gasteiger partial charge in [0, 0.05) is 18.7 Å². The second kappa shape index (κ2) is 8.38. The van der Waals surface area contributed by atoms with Crippen molar-refractivity contribution in [3.05, 3.63) is 47.4 Å².